The van der Waals surface area contributed by atoms with E-state index < -0.39 is 5.97 Å². The van der Waals surface area contributed by atoms with Gasteiger partial charge in [-0.05, 0) is 72.7 Å². The molecule has 0 aliphatic carbocycles. The van der Waals surface area contributed by atoms with Crippen LogP contribution in [0.4, 0.5) is 0 Å². The van der Waals surface area contributed by atoms with Crippen molar-refractivity contribution in [2.45, 2.75) is 53.3 Å². The molecule has 0 radical (unpaired) electrons. The highest BCUT2D eigenvalue weighted by Crippen LogP contribution is 2.29. The number of fused-ring (bicyclic) bond motifs is 1. The summed E-state index contributed by atoms with van der Waals surface area (Å²) in [5.41, 5.74) is 3.71. The summed E-state index contributed by atoms with van der Waals surface area (Å²) in [5, 5.41) is 14.4. The number of amides is 1. The molecule has 0 atom stereocenters. The molecule has 1 aliphatic rings. The molecule has 0 saturated carbocycles. The first-order chi connectivity index (χ1) is 16.8. The Labute approximate surface area is 204 Å². The second-order valence-electron chi connectivity index (χ2n) is 9.27. The number of aromatic nitrogens is 2. The SMILES string of the molecule is Cc1cn(CCC(C)C)nc1COc1cc2c(cc1C(=O)O)CCN(C(=O)/C=C/c1ccco1)C2. The first kappa shape index (κ1) is 24.3. The highest BCUT2D eigenvalue weighted by Gasteiger charge is 2.24. The molecular weight excluding hydrogens is 446 g/mol. The lowest BCUT2D eigenvalue weighted by atomic mass is 9.96. The number of hydrogen-bond acceptors (Lipinski definition) is 5. The zero-order valence-electron chi connectivity index (χ0n) is 20.4. The Morgan fingerprint density at radius 1 is 1.29 bits per heavy atom. The van der Waals surface area contributed by atoms with Gasteiger partial charge >= 0.3 is 5.97 Å². The van der Waals surface area contributed by atoms with Crippen LogP contribution in [0.15, 0.2) is 47.2 Å². The van der Waals surface area contributed by atoms with Crippen molar-refractivity contribution in [2.24, 2.45) is 5.92 Å². The molecule has 0 fully saturated rings. The second kappa shape index (κ2) is 10.6. The first-order valence-corrected chi connectivity index (χ1v) is 11.9. The Balaban J connectivity index is 1.48. The maximum Gasteiger partial charge on any atom is 0.339 e. The summed E-state index contributed by atoms with van der Waals surface area (Å²) in [5.74, 6) is 0.313. The predicted octanol–water partition coefficient (Wildman–Crippen LogP) is 4.71. The van der Waals surface area contributed by atoms with E-state index in [2.05, 4.69) is 18.9 Å². The van der Waals surface area contributed by atoms with E-state index in [1.165, 1.54) is 6.08 Å². The summed E-state index contributed by atoms with van der Waals surface area (Å²) >= 11 is 0. The standard InChI is InChI=1S/C27H31N3O5/c1-18(2)8-11-30-15-19(3)24(28-30)17-35-25-14-21-16-29(10-9-20(21)13-23(25)27(32)33)26(31)7-6-22-5-4-12-34-22/h4-7,12-15,18H,8-11,16-17H2,1-3H3,(H,32,33)/b7-6+. The van der Waals surface area contributed by atoms with Crippen LogP contribution in [0.1, 0.15) is 58.8 Å². The van der Waals surface area contributed by atoms with Crippen molar-refractivity contribution in [2.75, 3.05) is 6.54 Å². The van der Waals surface area contributed by atoms with E-state index >= 15 is 0 Å². The van der Waals surface area contributed by atoms with Crippen LogP contribution in [0.3, 0.4) is 0 Å². The van der Waals surface area contributed by atoms with Crippen LogP contribution in [0.5, 0.6) is 5.75 Å². The minimum Gasteiger partial charge on any atom is -0.486 e. The topological polar surface area (TPSA) is 97.8 Å². The number of aromatic carboxylic acids is 1. The lowest BCUT2D eigenvalue weighted by Crippen LogP contribution is -2.35. The van der Waals surface area contributed by atoms with Crippen molar-refractivity contribution in [3.8, 4) is 5.75 Å². The highest BCUT2D eigenvalue weighted by atomic mass is 16.5. The smallest absolute Gasteiger partial charge is 0.339 e. The zero-order valence-corrected chi connectivity index (χ0v) is 20.4. The summed E-state index contributed by atoms with van der Waals surface area (Å²) in [4.78, 5) is 26.3. The number of aryl methyl sites for hydroxylation is 2. The molecule has 8 nitrogen and oxygen atoms in total. The first-order valence-electron chi connectivity index (χ1n) is 11.9. The molecular formula is C27H31N3O5. The van der Waals surface area contributed by atoms with Crippen LogP contribution in [0.25, 0.3) is 6.08 Å². The third-order valence-corrected chi connectivity index (χ3v) is 6.14. The van der Waals surface area contributed by atoms with Crippen molar-refractivity contribution in [3.05, 3.63) is 76.5 Å². The van der Waals surface area contributed by atoms with Crippen LogP contribution in [0.2, 0.25) is 0 Å². The number of carbonyl (C=O) groups excluding carboxylic acids is 1. The third-order valence-electron chi connectivity index (χ3n) is 6.14. The Morgan fingerprint density at radius 3 is 2.83 bits per heavy atom. The number of carbonyl (C=O) groups is 2. The van der Waals surface area contributed by atoms with Gasteiger partial charge in [0, 0.05) is 31.9 Å². The molecule has 1 N–H and O–H groups in total. The molecule has 2 aromatic heterocycles. The van der Waals surface area contributed by atoms with E-state index in [1.807, 2.05) is 17.8 Å². The van der Waals surface area contributed by atoms with E-state index in [-0.39, 0.29) is 23.8 Å². The molecule has 35 heavy (non-hydrogen) atoms. The van der Waals surface area contributed by atoms with Crippen LogP contribution in [0, 0.1) is 12.8 Å². The van der Waals surface area contributed by atoms with Gasteiger partial charge in [0.25, 0.3) is 0 Å². The molecule has 0 spiro atoms. The molecule has 0 bridgehead atoms. The van der Waals surface area contributed by atoms with Crippen molar-refractivity contribution in [1.29, 1.82) is 0 Å². The zero-order chi connectivity index (χ0) is 24.9. The maximum absolute atomic E-state index is 12.7. The van der Waals surface area contributed by atoms with Gasteiger partial charge in [0.05, 0.1) is 6.26 Å². The van der Waals surface area contributed by atoms with E-state index in [4.69, 9.17) is 9.15 Å². The summed E-state index contributed by atoms with van der Waals surface area (Å²) < 4.78 is 13.1. The van der Waals surface area contributed by atoms with Crippen LogP contribution < -0.4 is 4.74 Å². The molecule has 4 rings (SSSR count). The molecule has 1 aromatic carbocycles. The van der Waals surface area contributed by atoms with Gasteiger partial charge in [-0.25, -0.2) is 4.79 Å². The van der Waals surface area contributed by atoms with E-state index in [0.29, 0.717) is 31.2 Å². The fourth-order valence-electron chi connectivity index (χ4n) is 4.06. The summed E-state index contributed by atoms with van der Waals surface area (Å²) in [6.07, 6.45) is 8.29. The van der Waals surface area contributed by atoms with Gasteiger partial charge in [-0.15, -0.1) is 0 Å². The van der Waals surface area contributed by atoms with Gasteiger partial charge in [-0.2, -0.15) is 5.10 Å². The van der Waals surface area contributed by atoms with Gasteiger partial charge < -0.3 is 19.2 Å². The minimum atomic E-state index is -1.04. The Hall–Kier alpha value is -3.81. The van der Waals surface area contributed by atoms with Crippen molar-refractivity contribution < 1.29 is 23.8 Å². The normalized spacial score (nSPS) is 13.4. The number of carboxylic acids is 1. The average Bonchev–Trinajstić information content (AvgIpc) is 3.48. The second-order valence-corrected chi connectivity index (χ2v) is 9.27. The average molecular weight is 478 g/mol. The van der Waals surface area contributed by atoms with Crippen molar-refractivity contribution in [1.82, 2.24) is 14.7 Å². The predicted molar refractivity (Wildman–Crippen MR) is 131 cm³/mol. The molecule has 8 heteroatoms. The third kappa shape index (κ3) is 6.01. The van der Waals surface area contributed by atoms with Crippen LogP contribution in [-0.2, 0) is 30.9 Å². The molecule has 184 valence electrons. The monoisotopic (exact) mass is 477 g/mol. The maximum atomic E-state index is 12.7. The fourth-order valence-corrected chi connectivity index (χ4v) is 4.06. The molecule has 1 aliphatic heterocycles. The molecule has 0 saturated heterocycles. The van der Waals surface area contributed by atoms with Gasteiger partial charge in [0.15, 0.2) is 0 Å². The lowest BCUT2D eigenvalue weighted by molar-refractivity contribution is -0.126. The number of ether oxygens (including phenoxy) is 1. The summed E-state index contributed by atoms with van der Waals surface area (Å²) in [7, 11) is 0. The highest BCUT2D eigenvalue weighted by molar-refractivity contribution is 5.92. The van der Waals surface area contributed by atoms with Gasteiger partial charge in [-0.3, -0.25) is 9.48 Å². The summed E-state index contributed by atoms with van der Waals surface area (Å²) in [6, 6.07) is 6.96. The van der Waals surface area contributed by atoms with Crippen molar-refractivity contribution in [3.63, 3.8) is 0 Å². The van der Waals surface area contributed by atoms with Crippen molar-refractivity contribution >= 4 is 18.0 Å². The summed E-state index contributed by atoms with van der Waals surface area (Å²) in [6.45, 7) is 8.23. The molecule has 1 amide bonds. The molecule has 3 heterocycles. The van der Waals surface area contributed by atoms with Gasteiger partial charge in [0.1, 0.15) is 29.4 Å². The van der Waals surface area contributed by atoms with E-state index in [1.54, 1.807) is 41.5 Å². The van der Waals surface area contributed by atoms with Gasteiger partial charge in [0.2, 0.25) is 5.91 Å². The Bertz CT molecular complexity index is 1220. The number of carboxylic acid groups (broad SMARTS) is 1. The fraction of sp³-hybridized carbons (Fsp3) is 0.370. The minimum absolute atomic E-state index is 0.123. The largest absolute Gasteiger partial charge is 0.486 e. The van der Waals surface area contributed by atoms with Gasteiger partial charge in [-0.1, -0.05) is 13.8 Å². The van der Waals surface area contributed by atoms with Crippen LogP contribution >= 0.6 is 0 Å². The molecule has 0 unspecified atom stereocenters. The Morgan fingerprint density at radius 2 is 2.11 bits per heavy atom. The number of benzene rings is 1. The number of hydrogen-bond donors (Lipinski definition) is 1. The van der Waals surface area contributed by atoms with Crippen LogP contribution in [-0.4, -0.2) is 38.2 Å². The number of furan rings is 1. The molecule has 3 aromatic rings. The quantitative estimate of drug-likeness (QED) is 0.449. The number of nitrogens with zero attached hydrogens (tertiary/aromatic N) is 3. The van der Waals surface area contributed by atoms with E-state index in [0.717, 1.165) is 35.3 Å². The lowest BCUT2D eigenvalue weighted by Gasteiger charge is -2.29. The Kier molecular flexibility index (Phi) is 7.39. The number of rotatable bonds is 9. The van der Waals surface area contributed by atoms with E-state index in [9.17, 15) is 14.7 Å².